The molecule has 0 amide bonds. The molecule has 0 bridgehead atoms. The first-order chi connectivity index (χ1) is 12.4. The van der Waals surface area contributed by atoms with E-state index in [1.807, 2.05) is 20.8 Å². The number of allylic oxidation sites excluding steroid dienone is 2. The van der Waals surface area contributed by atoms with Crippen molar-refractivity contribution in [3.63, 3.8) is 0 Å². The molecule has 1 aliphatic carbocycles. The third kappa shape index (κ3) is 4.34. The highest BCUT2D eigenvalue weighted by Gasteiger charge is 2.47. The molecule has 0 radical (unpaired) electrons. The minimum Gasteiger partial charge on any atom is -0.394 e. The van der Waals surface area contributed by atoms with E-state index in [1.165, 1.54) is 6.08 Å². The normalized spacial score (nSPS) is 40.9. The second kappa shape index (κ2) is 8.11. The van der Waals surface area contributed by atoms with E-state index in [9.17, 15) is 30.3 Å². The number of aliphatic hydroxyl groups is 5. The highest BCUT2D eigenvalue weighted by molar-refractivity contribution is 5.92. The molecule has 2 rings (SSSR count). The molecule has 7 atom stereocenters. The van der Waals surface area contributed by atoms with Crippen molar-refractivity contribution in [3.05, 3.63) is 23.8 Å². The predicted molar refractivity (Wildman–Crippen MR) is 98.8 cm³/mol. The molecule has 0 saturated carbocycles. The molecular weight excluding hydrogens is 352 g/mol. The van der Waals surface area contributed by atoms with Crippen LogP contribution in [0.15, 0.2) is 23.8 Å². The molecule has 5 N–H and O–H groups in total. The van der Waals surface area contributed by atoms with Gasteiger partial charge in [-0.2, -0.15) is 0 Å². The molecule has 0 unspecified atom stereocenters. The Labute approximate surface area is 160 Å². The van der Waals surface area contributed by atoms with Crippen LogP contribution in [0, 0.1) is 11.3 Å². The summed E-state index contributed by atoms with van der Waals surface area (Å²) >= 11 is 0. The van der Waals surface area contributed by atoms with Crippen molar-refractivity contribution in [1.82, 2.24) is 0 Å². The topological polar surface area (TPSA) is 127 Å². The molecule has 2 aliphatic rings. The lowest BCUT2D eigenvalue weighted by Crippen LogP contribution is -2.58. The summed E-state index contributed by atoms with van der Waals surface area (Å²) in [6.45, 7) is 6.83. The molecule has 27 heavy (non-hydrogen) atoms. The molecular formula is C20H32O7. The van der Waals surface area contributed by atoms with Gasteiger partial charge in [0.2, 0.25) is 0 Å². The fraction of sp³-hybridized carbons (Fsp3) is 0.750. The molecule has 1 saturated heterocycles. The van der Waals surface area contributed by atoms with Gasteiger partial charge in [0.15, 0.2) is 5.78 Å². The summed E-state index contributed by atoms with van der Waals surface area (Å²) in [6, 6.07) is 0. The number of hydrogen-bond donors (Lipinski definition) is 5. The van der Waals surface area contributed by atoms with Gasteiger partial charge in [-0.25, -0.2) is 0 Å². The van der Waals surface area contributed by atoms with Crippen LogP contribution < -0.4 is 0 Å². The van der Waals surface area contributed by atoms with Crippen LogP contribution in [-0.2, 0) is 9.53 Å². The Balaban J connectivity index is 2.11. The number of carbonyl (C=O) groups excluding carboxylic acids is 1. The van der Waals surface area contributed by atoms with Gasteiger partial charge in [-0.15, -0.1) is 0 Å². The van der Waals surface area contributed by atoms with Crippen LogP contribution in [-0.4, -0.2) is 74.0 Å². The fourth-order valence-electron chi connectivity index (χ4n) is 3.99. The van der Waals surface area contributed by atoms with Crippen LogP contribution in [0.3, 0.4) is 0 Å². The van der Waals surface area contributed by atoms with Gasteiger partial charge in [0.1, 0.15) is 30.0 Å². The van der Waals surface area contributed by atoms with Crippen molar-refractivity contribution in [2.75, 3.05) is 6.61 Å². The van der Waals surface area contributed by atoms with Crippen LogP contribution in [0.1, 0.15) is 40.5 Å². The van der Waals surface area contributed by atoms with Crippen molar-refractivity contribution in [2.45, 2.75) is 76.7 Å². The zero-order valence-corrected chi connectivity index (χ0v) is 16.4. The van der Waals surface area contributed by atoms with E-state index in [-0.39, 0.29) is 18.1 Å². The zero-order chi connectivity index (χ0) is 20.6. The maximum atomic E-state index is 11.8. The lowest BCUT2D eigenvalue weighted by molar-refractivity contribution is -0.231. The lowest BCUT2D eigenvalue weighted by Gasteiger charge is -2.44. The Kier molecular flexibility index (Phi) is 6.67. The molecule has 7 nitrogen and oxygen atoms in total. The number of hydrogen-bond acceptors (Lipinski definition) is 7. The van der Waals surface area contributed by atoms with Gasteiger partial charge < -0.3 is 30.3 Å². The highest BCUT2D eigenvalue weighted by atomic mass is 16.5. The van der Waals surface area contributed by atoms with E-state index in [4.69, 9.17) is 4.74 Å². The monoisotopic (exact) mass is 384 g/mol. The molecule has 0 aromatic heterocycles. The third-order valence-electron chi connectivity index (χ3n) is 5.89. The molecule has 1 fully saturated rings. The molecule has 0 aromatic rings. The first kappa shape index (κ1) is 22.2. The van der Waals surface area contributed by atoms with Crippen LogP contribution >= 0.6 is 0 Å². The number of ether oxygens (including phenoxy) is 1. The molecule has 1 heterocycles. The van der Waals surface area contributed by atoms with Gasteiger partial charge in [0.25, 0.3) is 0 Å². The summed E-state index contributed by atoms with van der Waals surface area (Å²) in [4.78, 5) is 11.8. The average molecular weight is 384 g/mol. The van der Waals surface area contributed by atoms with Crippen LogP contribution in [0.2, 0.25) is 0 Å². The standard InChI is InChI=1S/C20H32O7/c1-11(7-14-16(23)18(25)17(24)15(10-21)27-14)5-6-20(26)12(2)8-13(22)9-19(20,3)4/h5-6,8,11,14-18,21,23-26H,7,9-10H2,1-4H3/b6-5+/t11-,14+,15-,16+,17-,18-,20-/m1/s1. The van der Waals surface area contributed by atoms with Gasteiger partial charge in [0.05, 0.1) is 12.7 Å². The van der Waals surface area contributed by atoms with E-state index in [0.29, 0.717) is 12.0 Å². The summed E-state index contributed by atoms with van der Waals surface area (Å²) in [5.41, 5.74) is -1.33. The van der Waals surface area contributed by atoms with Crippen molar-refractivity contribution in [3.8, 4) is 0 Å². The highest BCUT2D eigenvalue weighted by Crippen LogP contribution is 2.44. The number of ketones is 1. The van der Waals surface area contributed by atoms with Crippen molar-refractivity contribution in [1.29, 1.82) is 0 Å². The van der Waals surface area contributed by atoms with E-state index in [0.717, 1.165) is 0 Å². The predicted octanol–water partition coefficient (Wildman–Crippen LogP) is 0.0876. The lowest BCUT2D eigenvalue weighted by atomic mass is 9.64. The smallest absolute Gasteiger partial charge is 0.156 e. The van der Waals surface area contributed by atoms with Crippen LogP contribution in [0.5, 0.6) is 0 Å². The average Bonchev–Trinajstić information content (AvgIpc) is 2.58. The van der Waals surface area contributed by atoms with Crippen molar-refractivity contribution >= 4 is 5.78 Å². The zero-order valence-electron chi connectivity index (χ0n) is 16.4. The Morgan fingerprint density at radius 3 is 2.37 bits per heavy atom. The number of aliphatic hydroxyl groups excluding tert-OH is 4. The Hall–Kier alpha value is -1.09. The number of carbonyl (C=O) groups is 1. The first-order valence-electron chi connectivity index (χ1n) is 9.37. The Morgan fingerprint density at radius 2 is 1.81 bits per heavy atom. The van der Waals surface area contributed by atoms with E-state index in [2.05, 4.69) is 0 Å². The summed E-state index contributed by atoms with van der Waals surface area (Å²) in [5, 5.41) is 50.3. The molecule has 7 heteroatoms. The minimum atomic E-state index is -1.39. The quantitative estimate of drug-likeness (QED) is 0.425. The van der Waals surface area contributed by atoms with Gasteiger partial charge in [-0.05, 0) is 30.9 Å². The molecule has 154 valence electrons. The maximum Gasteiger partial charge on any atom is 0.156 e. The Bertz CT molecular complexity index is 609. The van der Waals surface area contributed by atoms with E-state index < -0.39 is 48.1 Å². The summed E-state index contributed by atoms with van der Waals surface area (Å²) in [5.74, 6) is -0.137. The molecule has 0 aromatic carbocycles. The van der Waals surface area contributed by atoms with Crippen LogP contribution in [0.4, 0.5) is 0 Å². The van der Waals surface area contributed by atoms with Crippen LogP contribution in [0.25, 0.3) is 0 Å². The summed E-state index contributed by atoms with van der Waals surface area (Å²) in [6.07, 6.45) is -0.200. The number of rotatable bonds is 5. The van der Waals surface area contributed by atoms with Gasteiger partial charge >= 0.3 is 0 Å². The maximum absolute atomic E-state index is 11.8. The summed E-state index contributed by atoms with van der Waals surface area (Å²) in [7, 11) is 0. The van der Waals surface area contributed by atoms with E-state index >= 15 is 0 Å². The van der Waals surface area contributed by atoms with Crippen molar-refractivity contribution in [2.24, 2.45) is 11.3 Å². The second-order valence-electron chi connectivity index (χ2n) is 8.56. The second-order valence-corrected chi connectivity index (χ2v) is 8.56. The largest absolute Gasteiger partial charge is 0.394 e. The van der Waals surface area contributed by atoms with Gasteiger partial charge in [0, 0.05) is 11.8 Å². The Morgan fingerprint density at radius 1 is 1.22 bits per heavy atom. The van der Waals surface area contributed by atoms with E-state index in [1.54, 1.807) is 19.1 Å². The SMILES string of the molecule is CC1=CC(=O)CC(C)(C)[C@@]1(O)/C=C/[C@@H](C)C[C@@H]1O[C@H](CO)[C@@H](O)[C@H](O)[C@H]1O. The summed E-state index contributed by atoms with van der Waals surface area (Å²) < 4.78 is 5.53. The molecule has 0 spiro atoms. The first-order valence-corrected chi connectivity index (χ1v) is 9.37. The van der Waals surface area contributed by atoms with Gasteiger partial charge in [-0.3, -0.25) is 4.79 Å². The fourth-order valence-corrected chi connectivity index (χ4v) is 3.99. The third-order valence-corrected chi connectivity index (χ3v) is 5.89. The minimum absolute atomic E-state index is 0.00931. The van der Waals surface area contributed by atoms with Crippen molar-refractivity contribution < 1.29 is 35.1 Å². The molecule has 1 aliphatic heterocycles. The van der Waals surface area contributed by atoms with Gasteiger partial charge in [-0.1, -0.05) is 32.9 Å².